The van der Waals surface area contributed by atoms with Crippen molar-refractivity contribution in [2.45, 2.75) is 33.2 Å². The lowest BCUT2D eigenvalue weighted by Crippen LogP contribution is -2.35. The van der Waals surface area contributed by atoms with Crippen LogP contribution in [0.4, 0.5) is 0 Å². The van der Waals surface area contributed by atoms with Crippen molar-refractivity contribution in [3.05, 3.63) is 41.5 Å². The molecule has 1 aromatic carbocycles. The second kappa shape index (κ2) is 8.80. The molecular formula is C19H26N4O3. The molecule has 3 rings (SSSR count). The van der Waals surface area contributed by atoms with Gasteiger partial charge >= 0.3 is 0 Å². The molecule has 0 radical (unpaired) electrons. The molecule has 0 unspecified atom stereocenters. The lowest BCUT2D eigenvalue weighted by atomic mass is 10.1. The van der Waals surface area contributed by atoms with Gasteiger partial charge in [-0.2, -0.15) is 4.98 Å². The van der Waals surface area contributed by atoms with Gasteiger partial charge in [0.05, 0.1) is 18.7 Å². The topological polar surface area (TPSA) is 71.7 Å². The molecule has 7 heteroatoms. The smallest absolute Gasteiger partial charge is 0.257 e. The van der Waals surface area contributed by atoms with E-state index in [4.69, 9.17) is 9.26 Å². The molecule has 0 bridgehead atoms. The molecule has 0 saturated carbocycles. The normalized spacial score (nSPS) is 15.7. The summed E-state index contributed by atoms with van der Waals surface area (Å²) < 4.78 is 10.8. The average molecular weight is 358 g/mol. The van der Waals surface area contributed by atoms with E-state index in [2.05, 4.69) is 22.0 Å². The van der Waals surface area contributed by atoms with Gasteiger partial charge in [-0.3, -0.25) is 9.69 Å². The number of hydrogen-bond donors (Lipinski definition) is 0. The van der Waals surface area contributed by atoms with Crippen LogP contribution in [0.25, 0.3) is 0 Å². The van der Waals surface area contributed by atoms with Crippen LogP contribution >= 0.6 is 0 Å². The Labute approximate surface area is 153 Å². The fraction of sp³-hybridized carbons (Fsp3) is 0.526. The number of aryl methyl sites for hydroxylation is 1. The summed E-state index contributed by atoms with van der Waals surface area (Å²) in [5.74, 6) is 1.98. The van der Waals surface area contributed by atoms with Gasteiger partial charge in [0.25, 0.3) is 5.91 Å². The monoisotopic (exact) mass is 358 g/mol. The van der Waals surface area contributed by atoms with E-state index < -0.39 is 0 Å². The van der Waals surface area contributed by atoms with Gasteiger partial charge in [-0.05, 0) is 25.0 Å². The molecule has 1 aromatic heterocycles. The lowest BCUT2D eigenvalue weighted by molar-refractivity contribution is 0.0756. The van der Waals surface area contributed by atoms with Crippen LogP contribution in [-0.4, -0.2) is 58.6 Å². The van der Waals surface area contributed by atoms with Crippen LogP contribution in [-0.2, 0) is 6.54 Å². The molecule has 140 valence electrons. The second-order valence-electron chi connectivity index (χ2n) is 6.50. The number of hydrogen-bond acceptors (Lipinski definition) is 6. The Hall–Kier alpha value is -2.41. The largest absolute Gasteiger partial charge is 0.493 e. The number of carbonyl (C=O) groups is 1. The quantitative estimate of drug-likeness (QED) is 0.790. The Bertz CT molecular complexity index is 731. The van der Waals surface area contributed by atoms with Gasteiger partial charge in [0.2, 0.25) is 5.89 Å². The maximum atomic E-state index is 13.0. The van der Waals surface area contributed by atoms with Crippen molar-refractivity contribution >= 4 is 5.91 Å². The predicted molar refractivity (Wildman–Crippen MR) is 97.1 cm³/mol. The van der Waals surface area contributed by atoms with Gasteiger partial charge in [0, 0.05) is 33.1 Å². The van der Waals surface area contributed by atoms with Crippen molar-refractivity contribution in [2.24, 2.45) is 0 Å². The number of amides is 1. The molecular weight excluding hydrogens is 332 g/mol. The highest BCUT2D eigenvalue weighted by atomic mass is 16.5. The third-order valence-electron chi connectivity index (χ3n) is 4.39. The highest BCUT2D eigenvalue weighted by Crippen LogP contribution is 2.21. The van der Waals surface area contributed by atoms with Crippen LogP contribution in [0.5, 0.6) is 5.75 Å². The van der Waals surface area contributed by atoms with Gasteiger partial charge in [0.15, 0.2) is 5.82 Å². The molecule has 1 aliphatic heterocycles. The Morgan fingerprint density at radius 3 is 2.85 bits per heavy atom. The van der Waals surface area contributed by atoms with E-state index in [1.165, 1.54) is 0 Å². The van der Waals surface area contributed by atoms with Crippen molar-refractivity contribution in [1.29, 1.82) is 0 Å². The van der Waals surface area contributed by atoms with Crippen LogP contribution in [0.1, 0.15) is 41.8 Å². The zero-order chi connectivity index (χ0) is 18.4. The van der Waals surface area contributed by atoms with Gasteiger partial charge in [0.1, 0.15) is 5.75 Å². The number of aromatic nitrogens is 2. The minimum absolute atomic E-state index is 0.0361. The van der Waals surface area contributed by atoms with Crippen molar-refractivity contribution in [3.63, 3.8) is 0 Å². The minimum Gasteiger partial charge on any atom is -0.493 e. The van der Waals surface area contributed by atoms with E-state index in [0.29, 0.717) is 42.7 Å². The Balaban J connectivity index is 1.62. The summed E-state index contributed by atoms with van der Waals surface area (Å²) in [6.45, 7) is 8.22. The van der Waals surface area contributed by atoms with Crippen molar-refractivity contribution in [2.75, 3.05) is 32.8 Å². The molecule has 0 atom stereocenters. The standard InChI is InChI=1S/C19H26N4O3/c1-3-13-25-17-8-5-4-7-16(17)19(24)23-10-6-9-22(11-12-23)14-18-20-15(2)26-21-18/h4-5,7-8H,3,6,9-14H2,1-2H3. The summed E-state index contributed by atoms with van der Waals surface area (Å²) >= 11 is 0. The fourth-order valence-corrected chi connectivity index (χ4v) is 3.09. The van der Waals surface area contributed by atoms with Crippen molar-refractivity contribution in [1.82, 2.24) is 19.9 Å². The van der Waals surface area contributed by atoms with Crippen molar-refractivity contribution < 1.29 is 14.1 Å². The molecule has 26 heavy (non-hydrogen) atoms. The van der Waals surface area contributed by atoms with E-state index >= 15 is 0 Å². The van der Waals surface area contributed by atoms with E-state index in [0.717, 1.165) is 32.5 Å². The number of rotatable bonds is 6. The molecule has 0 aliphatic carbocycles. The summed E-state index contributed by atoms with van der Waals surface area (Å²) in [4.78, 5) is 21.4. The molecule has 2 heterocycles. The van der Waals surface area contributed by atoms with Crippen LogP contribution in [0, 0.1) is 6.92 Å². The summed E-state index contributed by atoms with van der Waals surface area (Å²) in [5, 5.41) is 3.96. The molecule has 1 amide bonds. The molecule has 0 N–H and O–H groups in total. The number of benzene rings is 1. The van der Waals surface area contributed by atoms with Crippen LogP contribution in [0.3, 0.4) is 0 Å². The molecule has 7 nitrogen and oxygen atoms in total. The third-order valence-corrected chi connectivity index (χ3v) is 4.39. The maximum Gasteiger partial charge on any atom is 0.257 e. The van der Waals surface area contributed by atoms with E-state index in [1.807, 2.05) is 29.2 Å². The first-order valence-electron chi connectivity index (χ1n) is 9.20. The van der Waals surface area contributed by atoms with Crippen LogP contribution in [0.2, 0.25) is 0 Å². The summed E-state index contributed by atoms with van der Waals surface area (Å²) in [5.41, 5.74) is 0.642. The van der Waals surface area contributed by atoms with E-state index in [9.17, 15) is 4.79 Å². The van der Waals surface area contributed by atoms with Gasteiger partial charge < -0.3 is 14.2 Å². The number of ether oxygens (including phenoxy) is 1. The number of nitrogens with zero attached hydrogens (tertiary/aromatic N) is 4. The molecule has 2 aromatic rings. The SMILES string of the molecule is CCCOc1ccccc1C(=O)N1CCCN(Cc2noc(C)n2)CC1. The first-order valence-corrected chi connectivity index (χ1v) is 9.20. The zero-order valence-electron chi connectivity index (χ0n) is 15.5. The zero-order valence-corrected chi connectivity index (χ0v) is 15.5. The van der Waals surface area contributed by atoms with Crippen molar-refractivity contribution in [3.8, 4) is 5.75 Å². The summed E-state index contributed by atoms with van der Waals surface area (Å²) in [7, 11) is 0. The van der Waals surface area contributed by atoms with E-state index in [1.54, 1.807) is 6.92 Å². The Morgan fingerprint density at radius 2 is 2.08 bits per heavy atom. The highest BCUT2D eigenvalue weighted by Gasteiger charge is 2.23. The Kier molecular flexibility index (Phi) is 6.22. The molecule has 0 spiro atoms. The molecule has 1 fully saturated rings. The van der Waals surface area contributed by atoms with Crippen LogP contribution < -0.4 is 4.74 Å². The summed E-state index contributed by atoms with van der Waals surface area (Å²) in [6, 6.07) is 7.50. The first kappa shape index (κ1) is 18.4. The minimum atomic E-state index is 0.0361. The lowest BCUT2D eigenvalue weighted by Gasteiger charge is -2.22. The number of para-hydroxylation sites is 1. The number of carbonyl (C=O) groups excluding carboxylic acids is 1. The van der Waals surface area contributed by atoms with E-state index in [-0.39, 0.29) is 5.91 Å². The Morgan fingerprint density at radius 1 is 1.23 bits per heavy atom. The second-order valence-corrected chi connectivity index (χ2v) is 6.50. The highest BCUT2D eigenvalue weighted by molar-refractivity contribution is 5.97. The molecule has 1 aliphatic rings. The third kappa shape index (κ3) is 4.60. The first-order chi connectivity index (χ1) is 12.7. The average Bonchev–Trinajstić information content (AvgIpc) is 2.92. The maximum absolute atomic E-state index is 13.0. The molecule has 1 saturated heterocycles. The van der Waals surface area contributed by atoms with Crippen LogP contribution in [0.15, 0.2) is 28.8 Å². The van der Waals surface area contributed by atoms with Gasteiger partial charge in [-0.1, -0.05) is 24.2 Å². The fourth-order valence-electron chi connectivity index (χ4n) is 3.09. The summed E-state index contributed by atoms with van der Waals surface area (Å²) in [6.07, 6.45) is 1.83. The van der Waals surface area contributed by atoms with Gasteiger partial charge in [-0.15, -0.1) is 0 Å². The van der Waals surface area contributed by atoms with Gasteiger partial charge in [-0.25, -0.2) is 0 Å². The predicted octanol–water partition coefficient (Wildman–Crippen LogP) is 2.51.